The van der Waals surface area contributed by atoms with Crippen LogP contribution in [0.4, 0.5) is 0 Å². The molecule has 1 N–H and O–H groups in total. The van der Waals surface area contributed by atoms with E-state index in [9.17, 15) is 9.90 Å². The van der Waals surface area contributed by atoms with Gasteiger partial charge in [-0.15, -0.1) is 0 Å². The standard InChI is InChI=1S/C10H17NO2/c1-3-10(4-2,9(12)13)11-7-5-6-8-11/h5-6H,3-4,7-8H2,1-2H3,(H,12,13). The van der Waals surface area contributed by atoms with Gasteiger partial charge in [0.1, 0.15) is 5.54 Å². The molecular weight excluding hydrogens is 166 g/mol. The zero-order valence-electron chi connectivity index (χ0n) is 8.29. The van der Waals surface area contributed by atoms with Gasteiger partial charge in [0.2, 0.25) is 0 Å². The van der Waals surface area contributed by atoms with Crippen molar-refractivity contribution in [3.05, 3.63) is 12.2 Å². The van der Waals surface area contributed by atoms with Crippen LogP contribution in [0.1, 0.15) is 26.7 Å². The van der Waals surface area contributed by atoms with E-state index in [2.05, 4.69) is 0 Å². The molecule has 0 fully saturated rings. The van der Waals surface area contributed by atoms with Gasteiger partial charge in [0.25, 0.3) is 0 Å². The van der Waals surface area contributed by atoms with Crippen LogP contribution in [-0.2, 0) is 4.79 Å². The lowest BCUT2D eigenvalue weighted by atomic mass is 9.91. The highest BCUT2D eigenvalue weighted by molar-refractivity contribution is 5.78. The molecule has 0 bridgehead atoms. The number of carboxylic acids is 1. The molecule has 1 aliphatic rings. The van der Waals surface area contributed by atoms with E-state index >= 15 is 0 Å². The summed E-state index contributed by atoms with van der Waals surface area (Å²) < 4.78 is 0. The van der Waals surface area contributed by atoms with E-state index in [-0.39, 0.29) is 0 Å². The van der Waals surface area contributed by atoms with Gasteiger partial charge in [-0.1, -0.05) is 26.0 Å². The van der Waals surface area contributed by atoms with Gasteiger partial charge in [0.15, 0.2) is 0 Å². The topological polar surface area (TPSA) is 40.5 Å². The maximum atomic E-state index is 11.2. The van der Waals surface area contributed by atoms with Crippen LogP contribution >= 0.6 is 0 Å². The molecular formula is C10H17NO2. The molecule has 0 aromatic rings. The fourth-order valence-electron chi connectivity index (χ4n) is 1.96. The SMILES string of the molecule is CCC(CC)(C(=O)O)N1CC=CC1. The summed E-state index contributed by atoms with van der Waals surface area (Å²) in [4.78, 5) is 13.2. The maximum absolute atomic E-state index is 11.2. The zero-order valence-corrected chi connectivity index (χ0v) is 8.29. The molecule has 0 aromatic heterocycles. The average molecular weight is 183 g/mol. The molecule has 13 heavy (non-hydrogen) atoms. The fraction of sp³-hybridized carbons (Fsp3) is 0.700. The van der Waals surface area contributed by atoms with Crippen molar-refractivity contribution in [3.8, 4) is 0 Å². The number of carbonyl (C=O) groups is 1. The smallest absolute Gasteiger partial charge is 0.324 e. The first kappa shape index (κ1) is 10.3. The van der Waals surface area contributed by atoms with Gasteiger partial charge in [-0.25, -0.2) is 0 Å². The predicted octanol–water partition coefficient (Wildman–Crippen LogP) is 1.50. The van der Waals surface area contributed by atoms with Gasteiger partial charge in [0.05, 0.1) is 0 Å². The van der Waals surface area contributed by atoms with Gasteiger partial charge >= 0.3 is 5.97 Å². The van der Waals surface area contributed by atoms with E-state index in [1.54, 1.807) is 0 Å². The Morgan fingerprint density at radius 1 is 1.38 bits per heavy atom. The Morgan fingerprint density at radius 2 is 1.85 bits per heavy atom. The molecule has 0 saturated heterocycles. The minimum absolute atomic E-state index is 0.649. The molecule has 1 rings (SSSR count). The van der Waals surface area contributed by atoms with E-state index in [1.807, 2.05) is 30.9 Å². The van der Waals surface area contributed by atoms with E-state index in [0.29, 0.717) is 12.8 Å². The third-order valence-electron chi connectivity index (χ3n) is 2.99. The molecule has 74 valence electrons. The Balaban J connectivity index is 2.82. The van der Waals surface area contributed by atoms with Crippen LogP contribution in [0.25, 0.3) is 0 Å². The van der Waals surface area contributed by atoms with Crippen molar-refractivity contribution in [2.75, 3.05) is 13.1 Å². The summed E-state index contributed by atoms with van der Waals surface area (Å²) >= 11 is 0. The van der Waals surface area contributed by atoms with Crippen molar-refractivity contribution in [2.45, 2.75) is 32.2 Å². The highest BCUT2D eigenvalue weighted by Gasteiger charge is 2.40. The molecule has 0 unspecified atom stereocenters. The molecule has 0 saturated carbocycles. The second-order valence-electron chi connectivity index (χ2n) is 3.42. The van der Waals surface area contributed by atoms with Crippen LogP contribution < -0.4 is 0 Å². The normalized spacial score (nSPS) is 18.0. The van der Waals surface area contributed by atoms with Gasteiger partial charge in [0, 0.05) is 13.1 Å². The first-order chi connectivity index (χ1) is 6.17. The molecule has 0 amide bonds. The van der Waals surface area contributed by atoms with E-state index in [1.165, 1.54) is 0 Å². The number of carboxylic acid groups (broad SMARTS) is 1. The van der Waals surface area contributed by atoms with Crippen LogP contribution in [0.3, 0.4) is 0 Å². The number of nitrogens with zero attached hydrogens (tertiary/aromatic N) is 1. The summed E-state index contributed by atoms with van der Waals surface area (Å²) in [7, 11) is 0. The van der Waals surface area contributed by atoms with Gasteiger partial charge in [-0.2, -0.15) is 0 Å². The minimum Gasteiger partial charge on any atom is -0.480 e. The number of rotatable bonds is 4. The molecule has 0 radical (unpaired) electrons. The second-order valence-corrected chi connectivity index (χ2v) is 3.42. The van der Waals surface area contributed by atoms with Gasteiger partial charge in [-0.05, 0) is 12.8 Å². The molecule has 1 aliphatic heterocycles. The largest absolute Gasteiger partial charge is 0.480 e. The first-order valence-corrected chi connectivity index (χ1v) is 4.80. The monoisotopic (exact) mass is 183 g/mol. The maximum Gasteiger partial charge on any atom is 0.324 e. The van der Waals surface area contributed by atoms with Crippen LogP contribution in [-0.4, -0.2) is 34.6 Å². The lowest BCUT2D eigenvalue weighted by Crippen LogP contribution is -2.52. The van der Waals surface area contributed by atoms with Crippen molar-refractivity contribution in [1.82, 2.24) is 4.90 Å². The molecule has 3 heteroatoms. The summed E-state index contributed by atoms with van der Waals surface area (Å²) in [6.07, 6.45) is 5.40. The number of hydrogen-bond donors (Lipinski definition) is 1. The fourth-order valence-corrected chi connectivity index (χ4v) is 1.96. The number of hydrogen-bond acceptors (Lipinski definition) is 2. The van der Waals surface area contributed by atoms with Crippen molar-refractivity contribution < 1.29 is 9.90 Å². The third kappa shape index (κ3) is 1.61. The van der Waals surface area contributed by atoms with E-state index < -0.39 is 11.5 Å². The molecule has 1 heterocycles. The molecule has 0 spiro atoms. The first-order valence-electron chi connectivity index (χ1n) is 4.80. The highest BCUT2D eigenvalue weighted by atomic mass is 16.4. The van der Waals surface area contributed by atoms with Crippen LogP contribution in [0.2, 0.25) is 0 Å². The Kier molecular flexibility index (Phi) is 3.09. The Labute approximate surface area is 79.0 Å². The molecule has 3 nitrogen and oxygen atoms in total. The van der Waals surface area contributed by atoms with Crippen molar-refractivity contribution >= 4 is 5.97 Å². The summed E-state index contributed by atoms with van der Waals surface area (Å²) in [5.74, 6) is -0.693. The third-order valence-corrected chi connectivity index (χ3v) is 2.99. The Hall–Kier alpha value is -0.830. The summed E-state index contributed by atoms with van der Waals surface area (Å²) in [5, 5.41) is 9.21. The summed E-state index contributed by atoms with van der Waals surface area (Å²) in [6, 6.07) is 0. The number of aliphatic carboxylic acids is 1. The Bertz CT molecular complexity index is 211. The molecule has 0 atom stereocenters. The van der Waals surface area contributed by atoms with Crippen molar-refractivity contribution in [3.63, 3.8) is 0 Å². The van der Waals surface area contributed by atoms with Crippen LogP contribution in [0.5, 0.6) is 0 Å². The van der Waals surface area contributed by atoms with Crippen LogP contribution in [0.15, 0.2) is 12.2 Å². The highest BCUT2D eigenvalue weighted by Crippen LogP contribution is 2.26. The summed E-state index contributed by atoms with van der Waals surface area (Å²) in [5.41, 5.74) is -0.649. The minimum atomic E-state index is -0.693. The summed E-state index contributed by atoms with van der Waals surface area (Å²) in [6.45, 7) is 5.42. The predicted molar refractivity (Wildman–Crippen MR) is 51.7 cm³/mol. The van der Waals surface area contributed by atoms with E-state index in [4.69, 9.17) is 0 Å². The lowest BCUT2D eigenvalue weighted by molar-refractivity contribution is -0.151. The van der Waals surface area contributed by atoms with Crippen molar-refractivity contribution in [1.29, 1.82) is 0 Å². The zero-order chi connectivity index (χ0) is 9.90. The Morgan fingerprint density at radius 3 is 2.15 bits per heavy atom. The molecule has 0 aromatic carbocycles. The van der Waals surface area contributed by atoms with Crippen LogP contribution in [0, 0.1) is 0 Å². The van der Waals surface area contributed by atoms with Crippen molar-refractivity contribution in [2.24, 2.45) is 0 Å². The average Bonchev–Trinajstić information content (AvgIpc) is 2.60. The van der Waals surface area contributed by atoms with Gasteiger partial charge < -0.3 is 5.11 Å². The second kappa shape index (κ2) is 3.92. The van der Waals surface area contributed by atoms with E-state index in [0.717, 1.165) is 13.1 Å². The quantitative estimate of drug-likeness (QED) is 0.671. The van der Waals surface area contributed by atoms with Gasteiger partial charge in [-0.3, -0.25) is 9.69 Å². The molecule has 0 aliphatic carbocycles. The lowest BCUT2D eigenvalue weighted by Gasteiger charge is -2.36.